The maximum absolute atomic E-state index is 6.03. The van der Waals surface area contributed by atoms with Gasteiger partial charge in [-0.25, -0.2) is 0 Å². The summed E-state index contributed by atoms with van der Waals surface area (Å²) in [7, 11) is 2.33. The number of hydrogen-bond acceptors (Lipinski definition) is 4. The predicted molar refractivity (Wildman–Crippen MR) is 100 cm³/mol. The normalized spacial score (nSPS) is 27.6. The van der Waals surface area contributed by atoms with Crippen LogP contribution in [0.1, 0.15) is 44.1 Å². The van der Waals surface area contributed by atoms with E-state index >= 15 is 0 Å². The summed E-state index contributed by atoms with van der Waals surface area (Å²) in [6.07, 6.45) is 12.1. The van der Waals surface area contributed by atoms with Crippen molar-refractivity contribution in [2.75, 3.05) is 39.8 Å². The Morgan fingerprint density at radius 1 is 1.12 bits per heavy atom. The fourth-order valence-electron chi connectivity index (χ4n) is 5.22. The van der Waals surface area contributed by atoms with Gasteiger partial charge in [-0.1, -0.05) is 12.8 Å². The lowest BCUT2D eigenvalue weighted by molar-refractivity contribution is -0.0942. The Bertz CT molecular complexity index is 537. The molecule has 1 spiro atoms. The van der Waals surface area contributed by atoms with Crippen molar-refractivity contribution in [2.24, 2.45) is 11.8 Å². The van der Waals surface area contributed by atoms with Crippen molar-refractivity contribution in [2.45, 2.75) is 50.7 Å². The highest BCUT2D eigenvalue weighted by Crippen LogP contribution is 2.39. The number of likely N-dealkylation sites (tertiary alicyclic amines) is 2. The van der Waals surface area contributed by atoms with Gasteiger partial charge in [-0.2, -0.15) is 0 Å². The van der Waals surface area contributed by atoms with Gasteiger partial charge in [0.25, 0.3) is 0 Å². The molecule has 0 amide bonds. The van der Waals surface area contributed by atoms with Gasteiger partial charge in [-0.05, 0) is 68.8 Å². The number of piperidine rings is 1. The van der Waals surface area contributed by atoms with Crippen LogP contribution < -0.4 is 0 Å². The summed E-state index contributed by atoms with van der Waals surface area (Å²) in [5.41, 5.74) is 1.66. The smallest absolute Gasteiger partial charge is 0.0718 e. The molecule has 0 N–H and O–H groups in total. The molecule has 0 unspecified atom stereocenters. The molecule has 0 radical (unpaired) electrons. The Morgan fingerprint density at radius 2 is 1.88 bits per heavy atom. The summed E-state index contributed by atoms with van der Waals surface area (Å²) in [4.78, 5) is 9.42. The monoisotopic (exact) mass is 343 g/mol. The van der Waals surface area contributed by atoms with Crippen molar-refractivity contribution < 1.29 is 4.74 Å². The van der Waals surface area contributed by atoms with E-state index < -0.39 is 0 Å². The summed E-state index contributed by atoms with van der Waals surface area (Å²) >= 11 is 0. The van der Waals surface area contributed by atoms with Gasteiger partial charge >= 0.3 is 0 Å². The lowest BCUT2D eigenvalue weighted by Gasteiger charge is -2.59. The maximum atomic E-state index is 6.03. The minimum atomic E-state index is 0.432. The summed E-state index contributed by atoms with van der Waals surface area (Å²) in [6.45, 7) is 6.75. The van der Waals surface area contributed by atoms with Crippen LogP contribution in [0.15, 0.2) is 24.5 Å². The van der Waals surface area contributed by atoms with Gasteiger partial charge in [-0.3, -0.25) is 14.8 Å². The Hall–Kier alpha value is -0.970. The van der Waals surface area contributed by atoms with Gasteiger partial charge in [0.15, 0.2) is 0 Å². The lowest BCUT2D eigenvalue weighted by Crippen LogP contribution is -2.72. The number of nitrogens with zero attached hydrogens (tertiary/aromatic N) is 3. The molecule has 4 rings (SSSR count). The first-order valence-corrected chi connectivity index (χ1v) is 10.1. The Labute approximate surface area is 152 Å². The minimum Gasteiger partial charge on any atom is -0.376 e. The quantitative estimate of drug-likeness (QED) is 0.793. The molecular formula is C21H33N3O. The van der Waals surface area contributed by atoms with Crippen LogP contribution >= 0.6 is 0 Å². The third-order valence-corrected chi connectivity index (χ3v) is 6.75. The molecule has 1 atom stereocenters. The molecule has 1 aromatic heterocycles. The third kappa shape index (κ3) is 4.07. The molecule has 2 aliphatic heterocycles. The molecule has 138 valence electrons. The van der Waals surface area contributed by atoms with Crippen LogP contribution in [0, 0.1) is 11.8 Å². The first-order chi connectivity index (χ1) is 12.2. The zero-order chi connectivity index (χ0) is 17.1. The standard InChI is InChI=1S/C21H33N3O/c1-23-11-8-20(15-25-14-19-6-9-22-10-7-19)12-21(23)16-24(17-21)13-18-4-2-3-5-18/h6-7,9-10,18,20H,2-5,8,11-17H2,1H3/t20-/m1/s1. The number of ether oxygens (including phenoxy) is 1. The highest BCUT2D eigenvalue weighted by molar-refractivity contribution is 5.08. The highest BCUT2D eigenvalue weighted by atomic mass is 16.5. The average Bonchev–Trinajstić information content (AvgIpc) is 3.10. The van der Waals surface area contributed by atoms with E-state index in [0.29, 0.717) is 11.5 Å². The lowest BCUT2D eigenvalue weighted by atomic mass is 9.75. The van der Waals surface area contributed by atoms with E-state index in [1.54, 1.807) is 0 Å². The topological polar surface area (TPSA) is 28.6 Å². The van der Waals surface area contributed by atoms with E-state index in [1.807, 2.05) is 24.5 Å². The van der Waals surface area contributed by atoms with Crippen molar-refractivity contribution >= 4 is 0 Å². The Kier molecular flexibility index (Phi) is 5.39. The molecule has 1 aliphatic carbocycles. The van der Waals surface area contributed by atoms with Gasteiger partial charge in [-0.15, -0.1) is 0 Å². The first-order valence-electron chi connectivity index (χ1n) is 10.1. The third-order valence-electron chi connectivity index (χ3n) is 6.75. The maximum Gasteiger partial charge on any atom is 0.0718 e. The number of aromatic nitrogens is 1. The van der Waals surface area contributed by atoms with Crippen LogP contribution in [0.2, 0.25) is 0 Å². The summed E-state index contributed by atoms with van der Waals surface area (Å²) in [6, 6.07) is 4.09. The van der Waals surface area contributed by atoms with Crippen LogP contribution in [-0.2, 0) is 11.3 Å². The average molecular weight is 344 g/mol. The van der Waals surface area contributed by atoms with Crippen LogP contribution in [0.4, 0.5) is 0 Å². The molecule has 1 saturated carbocycles. The molecular weight excluding hydrogens is 310 g/mol. The zero-order valence-corrected chi connectivity index (χ0v) is 15.7. The molecule has 0 aromatic carbocycles. The second kappa shape index (κ2) is 7.73. The first kappa shape index (κ1) is 17.4. The minimum absolute atomic E-state index is 0.432. The number of pyridine rings is 1. The van der Waals surface area contributed by atoms with Crippen molar-refractivity contribution in [3.8, 4) is 0 Å². The molecule has 4 nitrogen and oxygen atoms in total. The van der Waals surface area contributed by atoms with Crippen LogP contribution in [0.25, 0.3) is 0 Å². The number of likely N-dealkylation sites (N-methyl/N-ethyl adjacent to an activating group) is 1. The van der Waals surface area contributed by atoms with Gasteiger partial charge in [0.1, 0.15) is 0 Å². The summed E-state index contributed by atoms with van der Waals surface area (Å²) < 4.78 is 6.03. The van der Waals surface area contributed by atoms with Crippen LogP contribution in [0.5, 0.6) is 0 Å². The fraction of sp³-hybridized carbons (Fsp3) is 0.762. The van der Waals surface area contributed by atoms with Crippen molar-refractivity contribution in [1.29, 1.82) is 0 Å². The van der Waals surface area contributed by atoms with Crippen molar-refractivity contribution in [1.82, 2.24) is 14.8 Å². The second-order valence-electron chi connectivity index (χ2n) is 8.70. The van der Waals surface area contributed by atoms with E-state index in [2.05, 4.69) is 21.8 Å². The number of hydrogen-bond donors (Lipinski definition) is 0. The largest absolute Gasteiger partial charge is 0.376 e. The second-order valence-corrected chi connectivity index (χ2v) is 8.70. The van der Waals surface area contributed by atoms with Gasteiger partial charge in [0, 0.05) is 44.2 Å². The molecule has 1 aromatic rings. The Morgan fingerprint density at radius 3 is 2.64 bits per heavy atom. The van der Waals surface area contributed by atoms with Crippen molar-refractivity contribution in [3.05, 3.63) is 30.1 Å². The summed E-state index contributed by atoms with van der Waals surface area (Å²) in [5.74, 6) is 1.69. The SMILES string of the molecule is CN1CC[C@@H](COCc2ccncc2)CC12CN(CC1CCCC1)C2. The zero-order valence-electron chi connectivity index (χ0n) is 15.7. The molecule has 3 aliphatic rings. The molecule has 4 heteroatoms. The van der Waals surface area contributed by atoms with Gasteiger partial charge in [0.05, 0.1) is 6.61 Å². The van der Waals surface area contributed by atoms with Crippen molar-refractivity contribution in [3.63, 3.8) is 0 Å². The van der Waals surface area contributed by atoms with E-state index in [-0.39, 0.29) is 0 Å². The molecule has 2 saturated heterocycles. The van der Waals surface area contributed by atoms with Crippen LogP contribution in [0.3, 0.4) is 0 Å². The molecule has 25 heavy (non-hydrogen) atoms. The van der Waals surface area contributed by atoms with Gasteiger partial charge < -0.3 is 4.74 Å². The Balaban J connectivity index is 1.23. The molecule has 3 fully saturated rings. The molecule has 3 heterocycles. The van der Waals surface area contributed by atoms with E-state index in [9.17, 15) is 0 Å². The van der Waals surface area contributed by atoms with E-state index in [1.165, 1.54) is 70.3 Å². The summed E-state index contributed by atoms with van der Waals surface area (Å²) in [5, 5.41) is 0. The molecule has 0 bridgehead atoms. The highest BCUT2D eigenvalue weighted by Gasteiger charge is 2.49. The van der Waals surface area contributed by atoms with E-state index in [0.717, 1.165) is 19.1 Å². The van der Waals surface area contributed by atoms with Gasteiger partial charge in [0.2, 0.25) is 0 Å². The number of rotatable bonds is 6. The van der Waals surface area contributed by atoms with Crippen LogP contribution in [-0.4, -0.2) is 60.2 Å². The predicted octanol–water partition coefficient (Wildman–Crippen LogP) is 3.18. The fourth-order valence-corrected chi connectivity index (χ4v) is 5.22. The van der Waals surface area contributed by atoms with E-state index in [4.69, 9.17) is 4.74 Å².